The molecule has 6 heteroatoms. The zero-order valence-electron chi connectivity index (χ0n) is 11.6. The molecule has 3 N–H and O–H groups in total. The molecule has 0 fully saturated rings. The number of carbonyl (C=O) groups is 2. The number of urea groups is 1. The Bertz CT molecular complexity index is 489. The van der Waals surface area contributed by atoms with Crippen molar-refractivity contribution in [1.29, 1.82) is 0 Å². The predicted molar refractivity (Wildman–Crippen MR) is 73.1 cm³/mol. The molecular formula is C14H19FN2O3. The lowest BCUT2D eigenvalue weighted by atomic mass is 9.84. The maximum absolute atomic E-state index is 13.7. The van der Waals surface area contributed by atoms with Gasteiger partial charge >= 0.3 is 12.0 Å². The van der Waals surface area contributed by atoms with Crippen LogP contribution in [0, 0.1) is 5.82 Å². The van der Waals surface area contributed by atoms with Crippen molar-refractivity contribution in [2.75, 3.05) is 13.1 Å². The lowest BCUT2D eigenvalue weighted by Crippen LogP contribution is -2.43. The first-order valence-electron chi connectivity index (χ1n) is 6.31. The smallest absolute Gasteiger partial charge is 0.314 e. The lowest BCUT2D eigenvalue weighted by molar-refractivity contribution is -0.136. The largest absolute Gasteiger partial charge is 0.481 e. The SMILES string of the molecule is CC(C)(CNC(=O)NCCC(=O)O)c1ccccc1F. The van der Waals surface area contributed by atoms with Crippen LogP contribution in [0.2, 0.25) is 0 Å². The van der Waals surface area contributed by atoms with E-state index in [4.69, 9.17) is 5.11 Å². The Labute approximate surface area is 117 Å². The van der Waals surface area contributed by atoms with Gasteiger partial charge < -0.3 is 15.7 Å². The molecule has 0 atom stereocenters. The van der Waals surface area contributed by atoms with E-state index in [1.54, 1.807) is 18.2 Å². The molecule has 1 rings (SSSR count). The van der Waals surface area contributed by atoms with Gasteiger partial charge in [-0.05, 0) is 11.6 Å². The monoisotopic (exact) mass is 282 g/mol. The van der Waals surface area contributed by atoms with Gasteiger partial charge in [0.2, 0.25) is 0 Å². The molecule has 110 valence electrons. The molecule has 0 heterocycles. The molecule has 0 aliphatic heterocycles. The predicted octanol–water partition coefficient (Wildman–Crippen LogP) is 1.88. The molecule has 0 spiro atoms. The minimum atomic E-state index is -0.975. The molecule has 0 aliphatic carbocycles. The highest BCUT2D eigenvalue weighted by molar-refractivity contribution is 5.75. The number of hydrogen-bond acceptors (Lipinski definition) is 2. The summed E-state index contributed by atoms with van der Waals surface area (Å²) in [6.45, 7) is 3.94. The van der Waals surface area contributed by atoms with Gasteiger partial charge in [0.1, 0.15) is 5.82 Å². The highest BCUT2D eigenvalue weighted by atomic mass is 19.1. The number of carbonyl (C=O) groups excluding carboxylic acids is 1. The summed E-state index contributed by atoms with van der Waals surface area (Å²) in [7, 11) is 0. The summed E-state index contributed by atoms with van der Waals surface area (Å²) < 4.78 is 13.7. The second-order valence-corrected chi connectivity index (χ2v) is 5.12. The molecule has 0 radical (unpaired) electrons. The fourth-order valence-corrected chi connectivity index (χ4v) is 1.75. The molecule has 1 aromatic carbocycles. The average molecular weight is 282 g/mol. The van der Waals surface area contributed by atoms with Crippen LogP contribution in [-0.2, 0) is 10.2 Å². The second kappa shape index (κ2) is 6.88. The number of amides is 2. The first-order chi connectivity index (χ1) is 9.33. The van der Waals surface area contributed by atoms with Crippen LogP contribution in [0.15, 0.2) is 24.3 Å². The summed E-state index contributed by atoms with van der Waals surface area (Å²) in [5.74, 6) is -1.29. The van der Waals surface area contributed by atoms with E-state index in [0.717, 1.165) is 0 Å². The number of carboxylic acid groups (broad SMARTS) is 1. The van der Waals surface area contributed by atoms with Crippen LogP contribution in [0.25, 0.3) is 0 Å². The van der Waals surface area contributed by atoms with Gasteiger partial charge in [-0.25, -0.2) is 9.18 Å². The minimum Gasteiger partial charge on any atom is -0.481 e. The van der Waals surface area contributed by atoms with Crippen LogP contribution >= 0.6 is 0 Å². The van der Waals surface area contributed by atoms with Gasteiger partial charge in [0.05, 0.1) is 6.42 Å². The van der Waals surface area contributed by atoms with E-state index in [-0.39, 0.29) is 25.3 Å². The van der Waals surface area contributed by atoms with Gasteiger partial charge in [0.15, 0.2) is 0 Å². The van der Waals surface area contributed by atoms with Crippen molar-refractivity contribution in [2.24, 2.45) is 0 Å². The van der Waals surface area contributed by atoms with Crippen LogP contribution in [0.3, 0.4) is 0 Å². The van der Waals surface area contributed by atoms with Crippen molar-refractivity contribution in [3.05, 3.63) is 35.6 Å². The van der Waals surface area contributed by atoms with E-state index < -0.39 is 17.4 Å². The van der Waals surface area contributed by atoms with Crippen LogP contribution in [-0.4, -0.2) is 30.2 Å². The number of carboxylic acids is 1. The van der Waals surface area contributed by atoms with E-state index in [9.17, 15) is 14.0 Å². The third-order valence-corrected chi connectivity index (χ3v) is 2.92. The molecule has 5 nitrogen and oxygen atoms in total. The molecule has 0 saturated carbocycles. The average Bonchev–Trinajstić information content (AvgIpc) is 2.36. The molecule has 0 saturated heterocycles. The van der Waals surface area contributed by atoms with Gasteiger partial charge in [0.25, 0.3) is 0 Å². The van der Waals surface area contributed by atoms with Crippen molar-refractivity contribution in [3.8, 4) is 0 Å². The molecular weight excluding hydrogens is 263 g/mol. The fourth-order valence-electron chi connectivity index (χ4n) is 1.75. The summed E-state index contributed by atoms with van der Waals surface area (Å²) >= 11 is 0. The van der Waals surface area contributed by atoms with Crippen molar-refractivity contribution < 1.29 is 19.1 Å². The van der Waals surface area contributed by atoms with Crippen LogP contribution in [0.4, 0.5) is 9.18 Å². The Balaban J connectivity index is 2.49. The molecule has 0 unspecified atom stereocenters. The molecule has 20 heavy (non-hydrogen) atoms. The van der Waals surface area contributed by atoms with Gasteiger partial charge in [0, 0.05) is 18.5 Å². The summed E-state index contributed by atoms with van der Waals surface area (Å²) in [6.07, 6.45) is -0.135. The number of halogens is 1. The normalized spacial score (nSPS) is 10.9. The van der Waals surface area contributed by atoms with Crippen LogP contribution < -0.4 is 10.6 Å². The van der Waals surface area contributed by atoms with E-state index in [0.29, 0.717) is 5.56 Å². The van der Waals surface area contributed by atoms with Crippen molar-refractivity contribution in [1.82, 2.24) is 10.6 Å². The number of rotatable bonds is 6. The number of hydrogen-bond donors (Lipinski definition) is 3. The Kier molecular flexibility index (Phi) is 5.49. The lowest BCUT2D eigenvalue weighted by Gasteiger charge is -2.26. The zero-order valence-corrected chi connectivity index (χ0v) is 11.6. The van der Waals surface area contributed by atoms with Gasteiger partial charge in [-0.2, -0.15) is 0 Å². The highest BCUT2D eigenvalue weighted by Crippen LogP contribution is 2.24. The van der Waals surface area contributed by atoms with Crippen LogP contribution in [0.1, 0.15) is 25.8 Å². The Morgan fingerprint density at radius 1 is 1.25 bits per heavy atom. The van der Waals surface area contributed by atoms with Crippen molar-refractivity contribution in [2.45, 2.75) is 25.7 Å². The van der Waals surface area contributed by atoms with Crippen molar-refractivity contribution in [3.63, 3.8) is 0 Å². The van der Waals surface area contributed by atoms with E-state index in [1.165, 1.54) is 6.07 Å². The summed E-state index contributed by atoms with van der Waals surface area (Å²) in [4.78, 5) is 21.8. The highest BCUT2D eigenvalue weighted by Gasteiger charge is 2.24. The third kappa shape index (κ3) is 4.87. The molecule has 1 aromatic rings. The minimum absolute atomic E-state index is 0.0568. The Hall–Kier alpha value is -2.11. The maximum atomic E-state index is 13.7. The first kappa shape index (κ1) is 15.9. The van der Waals surface area contributed by atoms with Gasteiger partial charge in [-0.1, -0.05) is 32.0 Å². The quantitative estimate of drug-likeness (QED) is 0.745. The number of nitrogens with one attached hydrogen (secondary N) is 2. The Morgan fingerprint density at radius 2 is 1.90 bits per heavy atom. The molecule has 2 amide bonds. The summed E-state index contributed by atoms with van der Waals surface area (Å²) in [5, 5.41) is 13.5. The summed E-state index contributed by atoms with van der Waals surface area (Å²) in [6, 6.07) is 5.95. The van der Waals surface area contributed by atoms with E-state index in [2.05, 4.69) is 10.6 Å². The number of aliphatic carboxylic acids is 1. The fraction of sp³-hybridized carbons (Fsp3) is 0.429. The van der Waals surface area contributed by atoms with Crippen LogP contribution in [0.5, 0.6) is 0 Å². The third-order valence-electron chi connectivity index (χ3n) is 2.92. The van der Waals surface area contributed by atoms with Gasteiger partial charge in [-0.3, -0.25) is 4.79 Å². The summed E-state index contributed by atoms with van der Waals surface area (Å²) in [5.41, 5.74) is -0.0407. The standard InChI is InChI=1S/C14H19FN2O3/c1-14(2,10-5-3-4-6-11(10)15)9-17-13(20)16-8-7-12(18)19/h3-6H,7-9H2,1-2H3,(H,18,19)(H2,16,17,20). The van der Waals surface area contributed by atoms with E-state index >= 15 is 0 Å². The second-order valence-electron chi connectivity index (χ2n) is 5.12. The van der Waals surface area contributed by atoms with Gasteiger partial charge in [-0.15, -0.1) is 0 Å². The molecule has 0 aliphatic rings. The zero-order chi connectivity index (χ0) is 15.2. The first-order valence-corrected chi connectivity index (χ1v) is 6.31. The molecule has 0 bridgehead atoms. The topological polar surface area (TPSA) is 78.4 Å². The Morgan fingerprint density at radius 3 is 2.50 bits per heavy atom. The van der Waals surface area contributed by atoms with Crippen molar-refractivity contribution >= 4 is 12.0 Å². The number of benzene rings is 1. The van der Waals surface area contributed by atoms with E-state index in [1.807, 2.05) is 13.8 Å². The molecule has 0 aromatic heterocycles. The maximum Gasteiger partial charge on any atom is 0.314 e.